The molecule has 6 nitrogen and oxygen atoms in total. The van der Waals surface area contributed by atoms with Crippen molar-refractivity contribution in [2.75, 3.05) is 19.5 Å². The van der Waals surface area contributed by atoms with Crippen molar-refractivity contribution in [1.29, 1.82) is 5.26 Å². The van der Waals surface area contributed by atoms with Gasteiger partial charge in [-0.25, -0.2) is 9.78 Å². The highest BCUT2D eigenvalue weighted by atomic mass is 16.5. The molecule has 0 unspecified atom stereocenters. The fourth-order valence-corrected chi connectivity index (χ4v) is 2.04. The third kappa shape index (κ3) is 2.83. The van der Waals surface area contributed by atoms with Crippen LogP contribution in [0.3, 0.4) is 0 Å². The van der Waals surface area contributed by atoms with Gasteiger partial charge in [-0.2, -0.15) is 5.26 Å². The van der Waals surface area contributed by atoms with Gasteiger partial charge in [0.15, 0.2) is 5.69 Å². The lowest BCUT2D eigenvalue weighted by Gasteiger charge is -2.13. The Morgan fingerprint density at radius 1 is 1.36 bits per heavy atom. The Labute approximate surface area is 128 Å². The number of carbonyl (C=O) groups is 1. The van der Waals surface area contributed by atoms with Crippen LogP contribution < -0.4 is 10.5 Å². The van der Waals surface area contributed by atoms with Gasteiger partial charge in [0.05, 0.1) is 19.3 Å². The van der Waals surface area contributed by atoms with Crippen LogP contribution in [0.4, 0.5) is 5.82 Å². The smallest absolute Gasteiger partial charge is 0.357 e. The summed E-state index contributed by atoms with van der Waals surface area (Å²) < 4.78 is 10.3. The van der Waals surface area contributed by atoms with Crippen LogP contribution in [-0.2, 0) is 4.74 Å². The van der Waals surface area contributed by atoms with Gasteiger partial charge in [0, 0.05) is 11.1 Å². The lowest BCUT2D eigenvalue weighted by atomic mass is 10.0. The quantitative estimate of drug-likeness (QED) is 0.870. The van der Waals surface area contributed by atoms with E-state index in [1.807, 2.05) is 12.1 Å². The number of nitrogens with two attached hydrogens (primary N) is 1. The first-order chi connectivity index (χ1) is 10.6. The van der Waals surface area contributed by atoms with Gasteiger partial charge in [-0.15, -0.1) is 0 Å². The Bertz CT molecular complexity index is 751. The predicted octanol–water partition coefficient (Wildman–Crippen LogP) is 2.39. The minimum Gasteiger partial charge on any atom is -0.496 e. The predicted molar refractivity (Wildman–Crippen MR) is 81.3 cm³/mol. The minimum atomic E-state index is -0.598. The maximum atomic E-state index is 12.1. The summed E-state index contributed by atoms with van der Waals surface area (Å²) in [6.07, 6.45) is 0. The number of hydrogen-bond acceptors (Lipinski definition) is 6. The van der Waals surface area contributed by atoms with Gasteiger partial charge in [-0.1, -0.05) is 18.2 Å². The van der Waals surface area contributed by atoms with Crippen LogP contribution in [0.15, 0.2) is 30.3 Å². The number of nitriles is 1. The fraction of sp³-hybridized carbons (Fsp3) is 0.188. The van der Waals surface area contributed by atoms with Gasteiger partial charge in [0.25, 0.3) is 0 Å². The topological polar surface area (TPSA) is 98.2 Å². The van der Waals surface area contributed by atoms with Crippen molar-refractivity contribution in [2.45, 2.75) is 6.92 Å². The highest BCUT2D eigenvalue weighted by molar-refractivity contribution is 5.97. The molecular weight excluding hydrogens is 282 g/mol. The molecule has 1 aromatic heterocycles. The van der Waals surface area contributed by atoms with Gasteiger partial charge in [-0.3, -0.25) is 0 Å². The average molecular weight is 297 g/mol. The molecule has 0 aliphatic heterocycles. The summed E-state index contributed by atoms with van der Waals surface area (Å²) in [4.78, 5) is 16.2. The maximum Gasteiger partial charge on any atom is 0.357 e. The lowest BCUT2D eigenvalue weighted by molar-refractivity contribution is 0.0520. The summed E-state index contributed by atoms with van der Waals surface area (Å²) in [5.41, 5.74) is 7.04. The number of esters is 1. The molecule has 1 aromatic carbocycles. The number of aromatic nitrogens is 1. The highest BCUT2D eigenvalue weighted by Gasteiger charge is 2.21. The van der Waals surface area contributed by atoms with E-state index in [2.05, 4.69) is 4.98 Å². The number of anilines is 1. The molecule has 0 fully saturated rings. The molecule has 1 heterocycles. The maximum absolute atomic E-state index is 12.1. The molecule has 0 radical (unpaired) electrons. The molecule has 0 spiro atoms. The molecule has 2 aromatic rings. The number of benzene rings is 1. The number of rotatable bonds is 4. The number of carbonyl (C=O) groups excluding carboxylic acids is 1. The van der Waals surface area contributed by atoms with Gasteiger partial charge < -0.3 is 15.2 Å². The Balaban J connectivity index is 2.72. The zero-order valence-corrected chi connectivity index (χ0v) is 12.3. The van der Waals surface area contributed by atoms with E-state index in [1.165, 1.54) is 13.2 Å². The summed E-state index contributed by atoms with van der Waals surface area (Å²) in [5, 5.41) is 9.13. The SMILES string of the molecule is CCOC(=O)c1nc(N)c(C#N)cc1-c1ccccc1OC. The first-order valence-electron chi connectivity index (χ1n) is 6.63. The number of para-hydroxylation sites is 1. The van der Waals surface area contributed by atoms with Crippen molar-refractivity contribution < 1.29 is 14.3 Å². The highest BCUT2D eigenvalue weighted by Crippen LogP contribution is 2.33. The molecule has 2 rings (SSSR count). The molecule has 0 amide bonds. The van der Waals surface area contributed by atoms with Gasteiger partial charge in [-0.05, 0) is 19.1 Å². The third-order valence-corrected chi connectivity index (χ3v) is 3.04. The molecule has 0 aliphatic carbocycles. The Morgan fingerprint density at radius 3 is 2.73 bits per heavy atom. The molecule has 0 saturated heterocycles. The van der Waals surface area contributed by atoms with Crippen LogP contribution in [0.1, 0.15) is 23.0 Å². The van der Waals surface area contributed by atoms with E-state index in [1.54, 1.807) is 25.1 Å². The number of nitrogens with zero attached hydrogens (tertiary/aromatic N) is 2. The second-order valence-corrected chi connectivity index (χ2v) is 4.35. The number of hydrogen-bond donors (Lipinski definition) is 1. The van der Waals surface area contributed by atoms with E-state index in [4.69, 9.17) is 20.5 Å². The van der Waals surface area contributed by atoms with Crippen molar-refractivity contribution in [1.82, 2.24) is 4.98 Å². The van der Waals surface area contributed by atoms with E-state index < -0.39 is 5.97 Å². The number of ether oxygens (including phenoxy) is 2. The first kappa shape index (κ1) is 15.3. The molecule has 112 valence electrons. The van der Waals surface area contributed by atoms with Crippen LogP contribution in [0.25, 0.3) is 11.1 Å². The van der Waals surface area contributed by atoms with Crippen molar-refractivity contribution in [3.63, 3.8) is 0 Å². The summed E-state index contributed by atoms with van der Waals surface area (Å²) in [6.45, 7) is 1.92. The number of pyridine rings is 1. The second kappa shape index (κ2) is 6.59. The van der Waals surface area contributed by atoms with Crippen LogP contribution in [0.5, 0.6) is 5.75 Å². The standard InChI is InChI=1S/C16H15N3O3/c1-3-22-16(20)14-12(8-10(9-17)15(18)19-14)11-6-4-5-7-13(11)21-2/h4-8H,3H2,1-2H3,(H2,18,19). The summed E-state index contributed by atoms with van der Waals surface area (Å²) in [6, 6.07) is 10.6. The Kier molecular flexibility index (Phi) is 4.59. The second-order valence-electron chi connectivity index (χ2n) is 4.35. The van der Waals surface area contributed by atoms with Crippen molar-refractivity contribution in [3.8, 4) is 22.9 Å². The van der Waals surface area contributed by atoms with E-state index >= 15 is 0 Å². The molecule has 22 heavy (non-hydrogen) atoms. The van der Waals surface area contributed by atoms with Crippen LogP contribution >= 0.6 is 0 Å². The normalized spacial score (nSPS) is 9.86. The zero-order valence-electron chi connectivity index (χ0n) is 12.3. The Hall–Kier alpha value is -3.07. The summed E-state index contributed by atoms with van der Waals surface area (Å²) >= 11 is 0. The van der Waals surface area contributed by atoms with Crippen LogP contribution in [0, 0.1) is 11.3 Å². The van der Waals surface area contributed by atoms with E-state index in [9.17, 15) is 4.79 Å². The molecule has 6 heteroatoms. The summed E-state index contributed by atoms with van der Waals surface area (Å²) in [5.74, 6) is -0.0488. The van der Waals surface area contributed by atoms with Gasteiger partial charge in [0.2, 0.25) is 0 Å². The van der Waals surface area contributed by atoms with E-state index in [0.717, 1.165) is 0 Å². The van der Waals surface area contributed by atoms with Crippen molar-refractivity contribution >= 4 is 11.8 Å². The largest absolute Gasteiger partial charge is 0.496 e. The minimum absolute atomic E-state index is 0.01000. The third-order valence-electron chi connectivity index (χ3n) is 3.04. The van der Waals surface area contributed by atoms with Crippen LogP contribution in [0.2, 0.25) is 0 Å². The number of nitrogen functional groups attached to an aromatic ring is 1. The van der Waals surface area contributed by atoms with Crippen molar-refractivity contribution in [2.24, 2.45) is 0 Å². The monoisotopic (exact) mass is 297 g/mol. The molecule has 0 bridgehead atoms. The summed E-state index contributed by atoms with van der Waals surface area (Å²) in [7, 11) is 1.53. The van der Waals surface area contributed by atoms with Gasteiger partial charge >= 0.3 is 5.97 Å². The zero-order chi connectivity index (χ0) is 16.1. The van der Waals surface area contributed by atoms with Crippen molar-refractivity contribution in [3.05, 3.63) is 41.6 Å². The number of methoxy groups -OCH3 is 1. The van der Waals surface area contributed by atoms with Crippen LogP contribution in [-0.4, -0.2) is 24.7 Å². The Morgan fingerprint density at radius 2 is 2.09 bits per heavy atom. The van der Waals surface area contributed by atoms with E-state index in [0.29, 0.717) is 16.9 Å². The van der Waals surface area contributed by atoms with Gasteiger partial charge in [0.1, 0.15) is 17.6 Å². The molecule has 0 aliphatic rings. The lowest BCUT2D eigenvalue weighted by Crippen LogP contribution is -2.12. The molecule has 0 saturated carbocycles. The average Bonchev–Trinajstić information content (AvgIpc) is 2.54. The molecular formula is C16H15N3O3. The fourth-order valence-electron chi connectivity index (χ4n) is 2.04. The molecule has 2 N–H and O–H groups in total. The van der Waals surface area contributed by atoms with E-state index in [-0.39, 0.29) is 23.7 Å². The first-order valence-corrected chi connectivity index (χ1v) is 6.63. The molecule has 0 atom stereocenters.